The van der Waals surface area contributed by atoms with E-state index in [-0.39, 0.29) is 11.8 Å². The average Bonchev–Trinajstić information content (AvgIpc) is 3.26. The SMILES string of the molecule is CN1CCN(c2ccc(NC(=O)C3CCCN3C(=O)c3cc(Cl)ccc3Cl)cn2)CC1. The summed E-state index contributed by atoms with van der Waals surface area (Å²) in [6, 6.07) is 7.99. The van der Waals surface area contributed by atoms with Crippen LogP contribution in [0.25, 0.3) is 0 Å². The van der Waals surface area contributed by atoms with Gasteiger partial charge in [0.2, 0.25) is 5.91 Å². The number of halogens is 2. The molecule has 0 radical (unpaired) electrons. The second kappa shape index (κ2) is 9.42. The third-order valence-corrected chi connectivity index (χ3v) is 6.38. The molecule has 1 N–H and O–H groups in total. The molecule has 2 aliphatic heterocycles. The van der Waals surface area contributed by atoms with Crippen molar-refractivity contribution in [2.45, 2.75) is 18.9 Å². The highest BCUT2D eigenvalue weighted by molar-refractivity contribution is 6.35. The molecular formula is C22H25Cl2N5O2. The van der Waals surface area contributed by atoms with Crippen LogP contribution >= 0.6 is 23.2 Å². The average molecular weight is 462 g/mol. The first-order chi connectivity index (χ1) is 14.9. The summed E-state index contributed by atoms with van der Waals surface area (Å²) in [4.78, 5) is 36.5. The zero-order valence-corrected chi connectivity index (χ0v) is 18.9. The molecule has 164 valence electrons. The third-order valence-electron chi connectivity index (χ3n) is 5.82. The van der Waals surface area contributed by atoms with E-state index in [2.05, 4.69) is 27.1 Å². The monoisotopic (exact) mass is 461 g/mol. The molecule has 1 unspecified atom stereocenters. The van der Waals surface area contributed by atoms with Gasteiger partial charge in [0.05, 0.1) is 22.5 Å². The van der Waals surface area contributed by atoms with Gasteiger partial charge in [0.15, 0.2) is 0 Å². The Balaban J connectivity index is 1.42. The number of hydrogen-bond donors (Lipinski definition) is 1. The van der Waals surface area contributed by atoms with Gasteiger partial charge in [0, 0.05) is 37.7 Å². The number of nitrogens with zero attached hydrogens (tertiary/aromatic N) is 4. The molecule has 0 bridgehead atoms. The summed E-state index contributed by atoms with van der Waals surface area (Å²) in [7, 11) is 2.11. The summed E-state index contributed by atoms with van der Waals surface area (Å²) in [6.45, 7) is 4.37. The van der Waals surface area contributed by atoms with E-state index in [0.29, 0.717) is 34.3 Å². The Morgan fingerprint density at radius 1 is 1.06 bits per heavy atom. The second-order valence-electron chi connectivity index (χ2n) is 7.97. The van der Waals surface area contributed by atoms with Crippen molar-refractivity contribution in [3.8, 4) is 0 Å². The summed E-state index contributed by atoms with van der Waals surface area (Å²) in [5, 5.41) is 3.66. The van der Waals surface area contributed by atoms with Crippen LogP contribution in [0, 0.1) is 0 Å². The van der Waals surface area contributed by atoms with Crippen LogP contribution in [0.3, 0.4) is 0 Å². The van der Waals surface area contributed by atoms with Gasteiger partial charge in [0.25, 0.3) is 5.91 Å². The lowest BCUT2D eigenvalue weighted by Crippen LogP contribution is -2.44. The van der Waals surface area contributed by atoms with E-state index < -0.39 is 6.04 Å². The number of anilines is 2. The lowest BCUT2D eigenvalue weighted by Gasteiger charge is -2.33. The predicted octanol–water partition coefficient (Wildman–Crippen LogP) is 3.38. The molecule has 1 atom stereocenters. The van der Waals surface area contributed by atoms with E-state index in [1.807, 2.05) is 12.1 Å². The van der Waals surface area contributed by atoms with Gasteiger partial charge in [0.1, 0.15) is 11.9 Å². The Bertz CT molecular complexity index is 961. The summed E-state index contributed by atoms with van der Waals surface area (Å²) in [5.74, 6) is 0.395. The molecule has 2 amide bonds. The number of aromatic nitrogens is 1. The van der Waals surface area contributed by atoms with Crippen LogP contribution in [0.5, 0.6) is 0 Å². The number of amides is 2. The van der Waals surface area contributed by atoms with Crippen molar-refractivity contribution < 1.29 is 9.59 Å². The molecule has 0 aliphatic carbocycles. The number of benzene rings is 1. The van der Waals surface area contributed by atoms with Crippen molar-refractivity contribution in [2.24, 2.45) is 0 Å². The first-order valence-corrected chi connectivity index (χ1v) is 11.1. The van der Waals surface area contributed by atoms with Gasteiger partial charge in [-0.2, -0.15) is 0 Å². The maximum atomic E-state index is 13.0. The molecular weight excluding hydrogens is 437 g/mol. The Morgan fingerprint density at radius 2 is 1.84 bits per heavy atom. The standard InChI is InChI=1S/C22H25Cl2N5O2/c1-27-9-11-28(12-10-27)20-7-5-16(14-25-20)26-21(30)19-3-2-8-29(19)22(31)17-13-15(23)4-6-18(17)24/h4-7,13-14,19H,2-3,8-12H2,1H3,(H,26,30). The van der Waals surface area contributed by atoms with Crippen LogP contribution < -0.4 is 10.2 Å². The molecule has 1 aromatic heterocycles. The molecule has 0 spiro atoms. The van der Waals surface area contributed by atoms with E-state index in [9.17, 15) is 9.59 Å². The first kappa shape index (κ1) is 21.9. The highest BCUT2D eigenvalue weighted by atomic mass is 35.5. The van der Waals surface area contributed by atoms with E-state index >= 15 is 0 Å². The smallest absolute Gasteiger partial charge is 0.256 e. The van der Waals surface area contributed by atoms with Crippen LogP contribution in [0.15, 0.2) is 36.5 Å². The Labute approximate surface area is 191 Å². The quantitative estimate of drug-likeness (QED) is 0.755. The predicted molar refractivity (Wildman–Crippen MR) is 123 cm³/mol. The van der Waals surface area contributed by atoms with Crippen LogP contribution in [-0.2, 0) is 4.79 Å². The normalized spacial score (nSPS) is 19.5. The highest BCUT2D eigenvalue weighted by Gasteiger charge is 2.35. The lowest BCUT2D eigenvalue weighted by molar-refractivity contribution is -0.119. The fourth-order valence-electron chi connectivity index (χ4n) is 4.01. The van der Waals surface area contributed by atoms with Crippen LogP contribution in [-0.4, -0.2) is 72.4 Å². The molecule has 31 heavy (non-hydrogen) atoms. The molecule has 2 fully saturated rings. The lowest BCUT2D eigenvalue weighted by atomic mass is 10.1. The van der Waals surface area contributed by atoms with Crippen molar-refractivity contribution >= 4 is 46.5 Å². The number of likely N-dealkylation sites (tertiary alicyclic amines) is 1. The maximum Gasteiger partial charge on any atom is 0.256 e. The van der Waals surface area contributed by atoms with E-state index in [1.54, 1.807) is 29.3 Å². The molecule has 0 saturated carbocycles. The first-order valence-electron chi connectivity index (χ1n) is 10.4. The van der Waals surface area contributed by atoms with Gasteiger partial charge >= 0.3 is 0 Å². The van der Waals surface area contributed by atoms with Gasteiger partial charge in [-0.05, 0) is 50.2 Å². The minimum atomic E-state index is -0.556. The number of carbonyl (C=O) groups is 2. The molecule has 1 aromatic carbocycles. The molecule has 2 aliphatic rings. The molecule has 7 nitrogen and oxygen atoms in total. The summed E-state index contributed by atoms with van der Waals surface area (Å²) in [5.41, 5.74) is 0.926. The van der Waals surface area contributed by atoms with Crippen molar-refractivity contribution in [3.05, 3.63) is 52.1 Å². The molecule has 2 aromatic rings. The van der Waals surface area contributed by atoms with Crippen LogP contribution in [0.4, 0.5) is 11.5 Å². The Kier molecular flexibility index (Phi) is 6.65. The topological polar surface area (TPSA) is 68.8 Å². The van der Waals surface area contributed by atoms with Gasteiger partial charge in [-0.25, -0.2) is 4.98 Å². The maximum absolute atomic E-state index is 13.0. The van der Waals surface area contributed by atoms with Crippen LogP contribution in [0.2, 0.25) is 10.0 Å². The Morgan fingerprint density at radius 3 is 2.55 bits per heavy atom. The van der Waals surface area contributed by atoms with E-state index in [4.69, 9.17) is 23.2 Å². The minimum Gasteiger partial charge on any atom is -0.354 e. The van der Waals surface area contributed by atoms with Gasteiger partial charge in [-0.3, -0.25) is 9.59 Å². The van der Waals surface area contributed by atoms with Crippen molar-refractivity contribution in [3.63, 3.8) is 0 Å². The number of nitrogens with one attached hydrogen (secondary N) is 1. The fourth-order valence-corrected chi connectivity index (χ4v) is 4.38. The van der Waals surface area contributed by atoms with E-state index in [1.165, 1.54) is 0 Å². The van der Waals surface area contributed by atoms with Gasteiger partial charge in [-0.15, -0.1) is 0 Å². The number of carbonyl (C=O) groups excluding carboxylic acids is 2. The Hall–Kier alpha value is -2.35. The molecule has 9 heteroatoms. The molecule has 2 saturated heterocycles. The number of likely N-dealkylation sites (N-methyl/N-ethyl adjacent to an activating group) is 1. The zero-order chi connectivity index (χ0) is 22.0. The number of pyridine rings is 1. The minimum absolute atomic E-state index is 0.224. The molecule has 4 rings (SSSR count). The van der Waals surface area contributed by atoms with Gasteiger partial charge < -0.3 is 20.0 Å². The number of rotatable bonds is 4. The van der Waals surface area contributed by atoms with Crippen LogP contribution in [0.1, 0.15) is 23.2 Å². The number of hydrogen-bond acceptors (Lipinski definition) is 5. The second-order valence-corrected chi connectivity index (χ2v) is 8.81. The summed E-state index contributed by atoms with van der Waals surface area (Å²) < 4.78 is 0. The third kappa shape index (κ3) is 4.95. The zero-order valence-electron chi connectivity index (χ0n) is 17.4. The highest BCUT2D eigenvalue weighted by Crippen LogP contribution is 2.27. The summed E-state index contributed by atoms with van der Waals surface area (Å²) >= 11 is 12.2. The van der Waals surface area contributed by atoms with Gasteiger partial charge in [-0.1, -0.05) is 23.2 Å². The van der Waals surface area contributed by atoms with Crippen molar-refractivity contribution in [2.75, 3.05) is 50.0 Å². The number of piperazine rings is 1. The largest absolute Gasteiger partial charge is 0.354 e. The molecule has 3 heterocycles. The summed E-state index contributed by atoms with van der Waals surface area (Å²) in [6.07, 6.45) is 3.02. The van der Waals surface area contributed by atoms with Crippen molar-refractivity contribution in [1.82, 2.24) is 14.8 Å². The van der Waals surface area contributed by atoms with E-state index in [0.717, 1.165) is 38.4 Å². The van der Waals surface area contributed by atoms with Crippen molar-refractivity contribution in [1.29, 1.82) is 0 Å². The fraction of sp³-hybridized carbons (Fsp3) is 0.409.